The summed E-state index contributed by atoms with van der Waals surface area (Å²) in [5.74, 6) is 0.723. The number of phenolic OH excluding ortho intramolecular Hbond substituents is 1. The molecule has 1 aromatic rings. The molecule has 0 unspecified atom stereocenters. The van der Waals surface area contributed by atoms with E-state index in [1.54, 1.807) is 12.1 Å². The zero-order valence-electron chi connectivity index (χ0n) is 12.8. The Kier molecular flexibility index (Phi) is 3.09. The highest BCUT2D eigenvalue weighted by Crippen LogP contribution is 2.62. The number of hydrogen-bond donors (Lipinski definition) is 4. The van der Waals surface area contributed by atoms with E-state index in [1.165, 1.54) is 0 Å². The van der Waals surface area contributed by atoms with Crippen molar-refractivity contribution in [1.82, 2.24) is 0 Å². The Morgan fingerprint density at radius 3 is 2.64 bits per heavy atom. The zero-order chi connectivity index (χ0) is 15.6. The standard InChI is InChI=1S/C18H24O4/c1-18-5-4-11-10-3-2-9(19)6-12(10)14(20)7-13(11)17(18)15(21)8-16(18)22/h2-3,6,11,13-17,19-22H,4-5,7-8H2,1H3/t11-,13-,14-,15+,16+,17-,18-/m1/s1. The molecule has 0 radical (unpaired) electrons. The number of hydrogen-bond acceptors (Lipinski definition) is 4. The summed E-state index contributed by atoms with van der Waals surface area (Å²) in [7, 11) is 0. The molecule has 7 atom stereocenters. The molecular formula is C18H24O4. The fraction of sp³-hybridized carbons (Fsp3) is 0.667. The van der Waals surface area contributed by atoms with E-state index in [1.807, 2.05) is 6.07 Å². The van der Waals surface area contributed by atoms with Crippen molar-refractivity contribution in [2.75, 3.05) is 0 Å². The van der Waals surface area contributed by atoms with Gasteiger partial charge in [0.05, 0.1) is 18.3 Å². The topological polar surface area (TPSA) is 80.9 Å². The van der Waals surface area contributed by atoms with Gasteiger partial charge >= 0.3 is 0 Å². The molecule has 4 N–H and O–H groups in total. The van der Waals surface area contributed by atoms with Gasteiger partial charge in [0, 0.05) is 6.42 Å². The summed E-state index contributed by atoms with van der Waals surface area (Å²) in [6.45, 7) is 2.09. The highest BCUT2D eigenvalue weighted by atomic mass is 16.3. The monoisotopic (exact) mass is 304 g/mol. The van der Waals surface area contributed by atoms with Crippen LogP contribution < -0.4 is 0 Å². The van der Waals surface area contributed by atoms with Crippen LogP contribution in [0, 0.1) is 17.3 Å². The largest absolute Gasteiger partial charge is 0.508 e. The average molecular weight is 304 g/mol. The zero-order valence-corrected chi connectivity index (χ0v) is 12.8. The first-order valence-corrected chi connectivity index (χ1v) is 8.29. The number of fused-ring (bicyclic) bond motifs is 5. The van der Waals surface area contributed by atoms with E-state index >= 15 is 0 Å². The predicted molar refractivity (Wildman–Crippen MR) is 81.4 cm³/mol. The number of aliphatic hydroxyl groups is 3. The number of aromatic hydroxyl groups is 1. The molecule has 4 heteroatoms. The SMILES string of the molecule is C[C@]12CC[C@@H]3c4ccc(O)cc4[C@H](O)C[C@H]3[C@@H]1[C@@H](O)C[C@@H]2O. The molecule has 4 rings (SSSR count). The van der Waals surface area contributed by atoms with Crippen LogP contribution in [0.15, 0.2) is 18.2 Å². The van der Waals surface area contributed by atoms with Crippen molar-refractivity contribution in [1.29, 1.82) is 0 Å². The van der Waals surface area contributed by atoms with Crippen molar-refractivity contribution in [3.8, 4) is 5.75 Å². The van der Waals surface area contributed by atoms with Gasteiger partial charge in [0.15, 0.2) is 0 Å². The van der Waals surface area contributed by atoms with Gasteiger partial charge in [-0.3, -0.25) is 0 Å². The Labute approximate surface area is 130 Å². The lowest BCUT2D eigenvalue weighted by molar-refractivity contribution is -0.0586. The van der Waals surface area contributed by atoms with Crippen LogP contribution in [-0.2, 0) is 0 Å². The van der Waals surface area contributed by atoms with E-state index < -0.39 is 18.3 Å². The van der Waals surface area contributed by atoms with Crippen LogP contribution in [0.2, 0.25) is 0 Å². The minimum Gasteiger partial charge on any atom is -0.508 e. The molecule has 3 aliphatic rings. The maximum Gasteiger partial charge on any atom is 0.115 e. The summed E-state index contributed by atoms with van der Waals surface area (Å²) in [4.78, 5) is 0. The smallest absolute Gasteiger partial charge is 0.115 e. The van der Waals surface area contributed by atoms with Gasteiger partial charge in [-0.05, 0) is 65.7 Å². The van der Waals surface area contributed by atoms with Gasteiger partial charge in [-0.25, -0.2) is 0 Å². The summed E-state index contributed by atoms with van der Waals surface area (Å²) < 4.78 is 0. The van der Waals surface area contributed by atoms with E-state index in [0.29, 0.717) is 18.8 Å². The normalized spacial score (nSPS) is 46.7. The number of aliphatic hydroxyl groups excluding tert-OH is 3. The van der Waals surface area contributed by atoms with Crippen molar-refractivity contribution in [3.63, 3.8) is 0 Å². The van der Waals surface area contributed by atoms with Crippen LogP contribution >= 0.6 is 0 Å². The predicted octanol–water partition coefficient (Wildman–Crippen LogP) is 2.07. The molecule has 1 aromatic carbocycles. The molecule has 2 saturated carbocycles. The van der Waals surface area contributed by atoms with E-state index in [9.17, 15) is 20.4 Å². The Balaban J connectivity index is 1.77. The molecule has 0 spiro atoms. The van der Waals surface area contributed by atoms with Crippen molar-refractivity contribution < 1.29 is 20.4 Å². The third-order valence-corrected chi connectivity index (χ3v) is 6.70. The van der Waals surface area contributed by atoms with Gasteiger partial charge in [0.2, 0.25) is 0 Å². The summed E-state index contributed by atoms with van der Waals surface area (Å²) in [5.41, 5.74) is 1.70. The number of phenols is 1. The maximum absolute atomic E-state index is 10.5. The second-order valence-electron chi connectivity index (χ2n) is 7.72. The van der Waals surface area contributed by atoms with Crippen LogP contribution in [0.4, 0.5) is 0 Å². The molecule has 3 aliphatic carbocycles. The van der Waals surface area contributed by atoms with Crippen molar-refractivity contribution in [3.05, 3.63) is 29.3 Å². The van der Waals surface area contributed by atoms with Gasteiger partial charge < -0.3 is 20.4 Å². The lowest BCUT2D eigenvalue weighted by atomic mass is 9.54. The summed E-state index contributed by atoms with van der Waals surface area (Å²) in [6, 6.07) is 5.27. The summed E-state index contributed by atoms with van der Waals surface area (Å²) >= 11 is 0. The van der Waals surface area contributed by atoms with Gasteiger partial charge in [0.25, 0.3) is 0 Å². The highest BCUT2D eigenvalue weighted by molar-refractivity contribution is 5.41. The molecule has 4 nitrogen and oxygen atoms in total. The summed E-state index contributed by atoms with van der Waals surface area (Å²) in [6.07, 6.45) is 1.37. The average Bonchev–Trinajstić information content (AvgIpc) is 2.69. The van der Waals surface area contributed by atoms with Crippen LogP contribution in [0.3, 0.4) is 0 Å². The van der Waals surface area contributed by atoms with Crippen molar-refractivity contribution >= 4 is 0 Å². The lowest BCUT2D eigenvalue weighted by Gasteiger charge is -2.51. The van der Waals surface area contributed by atoms with Crippen LogP contribution in [0.5, 0.6) is 5.75 Å². The molecule has 0 heterocycles. The van der Waals surface area contributed by atoms with Gasteiger partial charge in [-0.2, -0.15) is 0 Å². The van der Waals surface area contributed by atoms with E-state index in [0.717, 1.165) is 24.0 Å². The van der Waals surface area contributed by atoms with Crippen LogP contribution in [0.25, 0.3) is 0 Å². The Bertz CT molecular complexity index is 601. The molecule has 22 heavy (non-hydrogen) atoms. The van der Waals surface area contributed by atoms with Crippen LogP contribution in [-0.4, -0.2) is 32.6 Å². The quantitative estimate of drug-likeness (QED) is 0.591. The summed E-state index contributed by atoms with van der Waals surface area (Å²) in [5, 5.41) is 41.1. The van der Waals surface area contributed by atoms with Crippen LogP contribution in [0.1, 0.15) is 55.8 Å². The fourth-order valence-electron chi connectivity index (χ4n) is 5.61. The van der Waals surface area contributed by atoms with E-state index in [4.69, 9.17) is 0 Å². The van der Waals surface area contributed by atoms with E-state index in [2.05, 4.69) is 6.92 Å². The van der Waals surface area contributed by atoms with Crippen molar-refractivity contribution in [2.24, 2.45) is 17.3 Å². The molecule has 0 saturated heterocycles. The lowest BCUT2D eigenvalue weighted by Crippen LogP contribution is -2.46. The second-order valence-corrected chi connectivity index (χ2v) is 7.72. The molecular weight excluding hydrogens is 280 g/mol. The van der Waals surface area contributed by atoms with Gasteiger partial charge in [0.1, 0.15) is 5.75 Å². The Hall–Kier alpha value is -1.10. The third-order valence-electron chi connectivity index (χ3n) is 6.70. The Morgan fingerprint density at radius 2 is 1.86 bits per heavy atom. The van der Waals surface area contributed by atoms with E-state index in [-0.39, 0.29) is 23.0 Å². The first kappa shape index (κ1) is 14.5. The molecule has 0 aromatic heterocycles. The second kappa shape index (κ2) is 4.70. The van der Waals surface area contributed by atoms with Gasteiger partial charge in [-0.15, -0.1) is 0 Å². The molecule has 0 amide bonds. The van der Waals surface area contributed by atoms with Gasteiger partial charge in [-0.1, -0.05) is 13.0 Å². The first-order chi connectivity index (χ1) is 10.4. The molecule has 120 valence electrons. The fourth-order valence-corrected chi connectivity index (χ4v) is 5.61. The third kappa shape index (κ3) is 1.81. The minimum atomic E-state index is -0.601. The molecule has 0 aliphatic heterocycles. The van der Waals surface area contributed by atoms with Crippen molar-refractivity contribution in [2.45, 2.75) is 56.8 Å². The first-order valence-electron chi connectivity index (χ1n) is 8.29. The maximum atomic E-state index is 10.5. The Morgan fingerprint density at radius 1 is 1.09 bits per heavy atom. The molecule has 0 bridgehead atoms. The number of benzene rings is 1. The minimum absolute atomic E-state index is 0.0397. The highest BCUT2D eigenvalue weighted by Gasteiger charge is 2.59. The number of rotatable bonds is 0. The molecule has 2 fully saturated rings.